The van der Waals surface area contributed by atoms with Gasteiger partial charge in [0.05, 0.1) is 12.1 Å². The van der Waals surface area contributed by atoms with Crippen LogP contribution in [0.4, 0.5) is 0 Å². The number of carbonyl (C=O) groups excluding carboxylic acids is 3. The third-order valence-electron chi connectivity index (χ3n) is 1.93. The maximum Gasteiger partial charge on any atom is 0.326 e. The van der Waals surface area contributed by atoms with Crippen LogP contribution >= 0.6 is 0 Å². The molecule has 6 nitrogen and oxygen atoms in total. The zero-order chi connectivity index (χ0) is 15.1. The summed E-state index contributed by atoms with van der Waals surface area (Å²) in [6, 6.07) is -0.882. The topological polar surface area (TPSA) is 81.7 Å². The predicted octanol–water partition coefficient (Wildman–Crippen LogP) is 1.09. The Hall–Kier alpha value is -2.59. The normalized spacial score (nSPS) is 12.1. The van der Waals surface area contributed by atoms with E-state index in [0.717, 1.165) is 0 Å². The van der Waals surface area contributed by atoms with Gasteiger partial charge in [0.25, 0.3) is 0 Å². The van der Waals surface area contributed by atoms with E-state index in [0.29, 0.717) is 0 Å². The van der Waals surface area contributed by atoms with Crippen molar-refractivity contribution in [1.82, 2.24) is 5.32 Å². The summed E-state index contributed by atoms with van der Waals surface area (Å²) in [7, 11) is 0. The van der Waals surface area contributed by atoms with Crippen molar-refractivity contribution in [3.05, 3.63) is 0 Å². The van der Waals surface area contributed by atoms with Gasteiger partial charge in [-0.1, -0.05) is 0 Å². The molecule has 0 aliphatic heterocycles. The van der Waals surface area contributed by atoms with Crippen molar-refractivity contribution in [1.29, 1.82) is 0 Å². The first kappa shape index (κ1) is 19.7. The molecule has 0 saturated carbocycles. The van der Waals surface area contributed by atoms with Crippen LogP contribution in [0.25, 0.3) is 0 Å². The van der Waals surface area contributed by atoms with Crippen LogP contribution in [0.3, 0.4) is 0 Å². The van der Waals surface area contributed by atoms with E-state index >= 15 is 0 Å². The number of carbonyl (C=O) groups is 2. The van der Waals surface area contributed by atoms with E-state index in [1.807, 2.05) is 0 Å². The second-order valence-electron chi connectivity index (χ2n) is 5.41. The van der Waals surface area contributed by atoms with E-state index < -0.39 is 23.6 Å². The van der Waals surface area contributed by atoms with Crippen LogP contribution in [0.15, 0.2) is 0 Å². The summed E-state index contributed by atoms with van der Waals surface area (Å²) in [6.45, 7) is 8.67. The van der Waals surface area contributed by atoms with Gasteiger partial charge in [-0.05, 0) is 41.0 Å². The monoisotopic (exact) mass is 529 g/mol. The van der Waals surface area contributed by atoms with Crippen molar-refractivity contribution in [3.63, 3.8) is 0 Å². The molecule has 122 valence electrons. The molecule has 0 aliphatic carbocycles. The summed E-state index contributed by atoms with van der Waals surface area (Å²) in [5.74, 6) is -1.01. The van der Waals surface area contributed by atoms with Crippen LogP contribution < -0.4 is 5.32 Å². The van der Waals surface area contributed by atoms with Crippen molar-refractivity contribution in [2.24, 2.45) is 0 Å². The molecule has 0 aromatic rings. The summed E-state index contributed by atoms with van der Waals surface area (Å²) in [5, 5.41) is 2.22. The van der Waals surface area contributed by atoms with Gasteiger partial charge in [-0.3, -0.25) is 4.79 Å². The molecule has 0 aromatic heterocycles. The molecule has 0 fully saturated rings. The second kappa shape index (κ2) is 8.50. The van der Waals surface area contributed by atoms with Crippen LogP contribution in [0.1, 0.15) is 47.5 Å². The minimum atomic E-state index is -0.882. The number of hydrogen-bond donors (Lipinski definition) is 1. The Morgan fingerprint density at radius 3 is 2.20 bits per heavy atom. The summed E-state index contributed by atoms with van der Waals surface area (Å²) < 4.78 is 10.1. The van der Waals surface area contributed by atoms with Gasteiger partial charge in [0.1, 0.15) is 5.60 Å². The third-order valence-corrected chi connectivity index (χ3v) is 1.93. The van der Waals surface area contributed by atoms with E-state index in [1.54, 1.807) is 34.6 Å². The average Bonchev–Trinajstić information content (AvgIpc) is 2.20. The van der Waals surface area contributed by atoms with Crippen LogP contribution in [0.2, 0.25) is 0 Å². The van der Waals surface area contributed by atoms with Gasteiger partial charge in [0.15, 0.2) is 0 Å². The van der Waals surface area contributed by atoms with E-state index in [4.69, 9.17) is 9.47 Å². The summed E-state index contributed by atoms with van der Waals surface area (Å²) >= 11 is 0. The first-order valence-electron chi connectivity index (χ1n) is 6.20. The SMILES string of the molecule is CC(C)OC(=O)C(CCC(=O)OC(C)(C)C)N[C-]=O.[Fm]. The van der Waals surface area contributed by atoms with Gasteiger partial charge >= 0.3 is 11.9 Å². The predicted molar refractivity (Wildman–Crippen MR) is 68.9 cm³/mol. The molecular formula is C13H22FmNO5-. The molecule has 0 radical (unpaired) electrons. The molecule has 0 heterocycles. The summed E-state index contributed by atoms with van der Waals surface area (Å²) in [6.07, 6.45) is 1.29. The van der Waals surface area contributed by atoms with E-state index in [1.165, 1.54) is 6.41 Å². The fourth-order valence-electron chi connectivity index (χ4n) is 1.29. The molecule has 0 spiro atoms. The number of hydrogen-bond acceptors (Lipinski definition) is 5. The maximum absolute atomic E-state index is 11.6. The summed E-state index contributed by atoms with van der Waals surface area (Å²) in [5.41, 5.74) is -0.574. The minimum absolute atomic E-state index is 0. The molecule has 0 aromatic carbocycles. The number of amides is 1. The fourth-order valence-corrected chi connectivity index (χ4v) is 1.29. The number of esters is 2. The summed E-state index contributed by atoms with van der Waals surface area (Å²) in [4.78, 5) is 33.5. The Labute approximate surface area is 113 Å². The molecule has 0 bridgehead atoms. The molecule has 0 aliphatic rings. The van der Waals surface area contributed by atoms with Crippen LogP contribution in [-0.4, -0.2) is 36.1 Å². The Bertz CT molecular complexity index is 325. The van der Waals surface area contributed by atoms with Gasteiger partial charge in [-0.15, -0.1) is 0 Å². The average molecular weight is 529 g/mol. The third kappa shape index (κ3) is 9.44. The fraction of sp³-hybridized carbons (Fsp3) is 0.769. The Kier molecular flexibility index (Phi) is 8.39. The first-order chi connectivity index (χ1) is 8.65. The Morgan fingerprint density at radius 2 is 1.80 bits per heavy atom. The molecule has 0 rings (SSSR count). The van der Waals surface area contributed by atoms with Gasteiger partial charge in [0, 0.05) is 6.42 Å². The Morgan fingerprint density at radius 1 is 1.25 bits per heavy atom. The second-order valence-corrected chi connectivity index (χ2v) is 5.41. The van der Waals surface area contributed by atoms with Crippen molar-refractivity contribution in [3.8, 4) is 0 Å². The van der Waals surface area contributed by atoms with Gasteiger partial charge in [-0.25, -0.2) is 4.79 Å². The zero-order valence-corrected chi connectivity index (χ0v) is 14.8. The van der Waals surface area contributed by atoms with E-state index in [2.05, 4.69) is 5.32 Å². The number of rotatable bonds is 7. The quantitative estimate of drug-likeness (QED) is 0.304. The van der Waals surface area contributed by atoms with Crippen molar-refractivity contribution in [2.45, 2.75) is 65.2 Å². The maximum atomic E-state index is 11.6. The minimum Gasteiger partial charge on any atom is -0.520 e. The molecule has 7 heteroatoms. The van der Waals surface area contributed by atoms with Crippen molar-refractivity contribution < 1.29 is 23.9 Å². The molecule has 0 saturated heterocycles. The van der Waals surface area contributed by atoms with Gasteiger partial charge in [0.2, 0.25) is 0 Å². The van der Waals surface area contributed by atoms with E-state index in [-0.39, 0.29) is 18.9 Å². The van der Waals surface area contributed by atoms with Crippen LogP contribution in [-0.2, 0) is 23.9 Å². The number of ether oxygens (including phenoxy) is 2. The molecule has 1 atom stereocenters. The molecular weight excluding hydrogens is 507 g/mol. The van der Waals surface area contributed by atoms with Gasteiger partial charge < -0.3 is 19.6 Å². The zero-order valence-electron chi connectivity index (χ0n) is 12.4. The number of nitrogens with one attached hydrogen (secondary N) is 1. The molecule has 1 unspecified atom stereocenters. The standard InChI is InChI=1S/C13H22NO5.Fm/c1-9(2)18-12(17)10(14-8-15)6-7-11(16)19-13(3,4)5;/h9-10H,6-7H2,1-5H3,(H,14,15);/q-1;. The van der Waals surface area contributed by atoms with Gasteiger partial charge in [-0.2, -0.15) is 6.41 Å². The molecule has 1 amide bonds. The Balaban J connectivity index is 0. The first-order valence-corrected chi connectivity index (χ1v) is 6.20. The van der Waals surface area contributed by atoms with Crippen molar-refractivity contribution in [2.75, 3.05) is 0 Å². The van der Waals surface area contributed by atoms with Crippen molar-refractivity contribution >= 4 is 18.3 Å². The van der Waals surface area contributed by atoms with Crippen LogP contribution in [0.5, 0.6) is 0 Å². The van der Waals surface area contributed by atoms with E-state index in [9.17, 15) is 14.4 Å². The molecule has 20 heavy (non-hydrogen) atoms. The molecule has 1 N–H and O–H groups in total. The largest absolute Gasteiger partial charge is 0.520 e. The van der Waals surface area contributed by atoms with Crippen LogP contribution in [0, 0.1) is 0 Å². The smallest absolute Gasteiger partial charge is 0.326 e.